The Labute approximate surface area is 151 Å². The number of nitrogens with zero attached hydrogens (tertiary/aromatic N) is 5. The van der Waals surface area contributed by atoms with Gasteiger partial charge in [0.2, 0.25) is 5.13 Å². The van der Waals surface area contributed by atoms with Crippen LogP contribution in [0.3, 0.4) is 0 Å². The minimum Gasteiger partial charge on any atom is -0.441 e. The number of hydrogen-bond donors (Lipinski definition) is 0. The first-order valence-corrected chi connectivity index (χ1v) is 9.73. The molecule has 3 aromatic rings. The van der Waals surface area contributed by atoms with Gasteiger partial charge in [-0.3, -0.25) is 4.90 Å². The lowest BCUT2D eigenvalue weighted by Crippen LogP contribution is -2.46. The lowest BCUT2D eigenvalue weighted by atomic mass is 10.2. The van der Waals surface area contributed by atoms with Crippen molar-refractivity contribution < 1.29 is 4.42 Å². The van der Waals surface area contributed by atoms with Crippen molar-refractivity contribution in [2.75, 3.05) is 37.6 Å². The van der Waals surface area contributed by atoms with E-state index in [1.54, 1.807) is 0 Å². The van der Waals surface area contributed by atoms with E-state index >= 15 is 0 Å². The van der Waals surface area contributed by atoms with Crippen molar-refractivity contribution in [2.24, 2.45) is 0 Å². The average Bonchev–Trinajstić information content (AvgIpc) is 3.29. The highest BCUT2D eigenvalue weighted by molar-refractivity contribution is 7.09. The summed E-state index contributed by atoms with van der Waals surface area (Å²) in [4.78, 5) is 14.0. The molecule has 132 valence electrons. The van der Waals surface area contributed by atoms with Gasteiger partial charge in [-0.15, -0.1) is 0 Å². The van der Waals surface area contributed by atoms with E-state index in [-0.39, 0.29) is 0 Å². The quantitative estimate of drug-likeness (QED) is 0.676. The van der Waals surface area contributed by atoms with Gasteiger partial charge in [0.25, 0.3) is 0 Å². The van der Waals surface area contributed by atoms with Gasteiger partial charge < -0.3 is 9.32 Å². The van der Waals surface area contributed by atoms with Gasteiger partial charge in [-0.25, -0.2) is 9.97 Å². The molecule has 1 aliphatic rings. The molecule has 0 aliphatic carbocycles. The fraction of sp³-hybridized carbons (Fsp3) is 0.500. The molecule has 0 radical (unpaired) electrons. The second-order valence-electron chi connectivity index (χ2n) is 6.35. The highest BCUT2D eigenvalue weighted by Gasteiger charge is 2.19. The van der Waals surface area contributed by atoms with Crippen LogP contribution in [0.25, 0.3) is 11.1 Å². The van der Waals surface area contributed by atoms with Crippen molar-refractivity contribution in [1.82, 2.24) is 19.2 Å². The Morgan fingerprint density at radius 2 is 1.96 bits per heavy atom. The Balaban J connectivity index is 1.23. The zero-order valence-corrected chi connectivity index (χ0v) is 15.3. The molecule has 4 rings (SSSR count). The topological polar surface area (TPSA) is 58.3 Å². The van der Waals surface area contributed by atoms with Crippen molar-refractivity contribution in [3.05, 3.63) is 36.0 Å². The van der Waals surface area contributed by atoms with Gasteiger partial charge in [0.1, 0.15) is 11.3 Å². The second-order valence-corrected chi connectivity index (χ2v) is 7.08. The molecule has 0 atom stereocenters. The normalized spacial score (nSPS) is 16.0. The van der Waals surface area contributed by atoms with Crippen LogP contribution in [-0.4, -0.2) is 52.0 Å². The lowest BCUT2D eigenvalue weighted by Gasteiger charge is -2.34. The van der Waals surface area contributed by atoms with Gasteiger partial charge in [-0.1, -0.05) is 19.1 Å². The summed E-state index contributed by atoms with van der Waals surface area (Å²) >= 11 is 1.52. The number of oxazole rings is 1. The number of benzene rings is 1. The molecule has 0 amide bonds. The van der Waals surface area contributed by atoms with Crippen LogP contribution in [0.15, 0.2) is 28.7 Å². The summed E-state index contributed by atoms with van der Waals surface area (Å²) in [5.41, 5.74) is 1.84. The zero-order chi connectivity index (χ0) is 17.1. The molecule has 0 bridgehead atoms. The SMILES string of the molecule is CCc1nsc(N2CCN(CCCc3nc4ccccc4o3)CC2)n1. The van der Waals surface area contributed by atoms with Crippen molar-refractivity contribution in [3.63, 3.8) is 0 Å². The summed E-state index contributed by atoms with van der Waals surface area (Å²) in [6.45, 7) is 7.40. The van der Waals surface area contributed by atoms with Crippen LogP contribution >= 0.6 is 11.5 Å². The van der Waals surface area contributed by atoms with Crippen LogP contribution in [0.5, 0.6) is 0 Å². The third-order valence-electron chi connectivity index (χ3n) is 4.62. The Morgan fingerprint density at radius 1 is 1.12 bits per heavy atom. The van der Waals surface area contributed by atoms with E-state index < -0.39 is 0 Å². The molecule has 6 nitrogen and oxygen atoms in total. The highest BCUT2D eigenvalue weighted by Crippen LogP contribution is 2.20. The van der Waals surface area contributed by atoms with Gasteiger partial charge >= 0.3 is 0 Å². The molecular weight excluding hydrogens is 334 g/mol. The Bertz CT molecular complexity index is 789. The number of rotatable bonds is 6. The molecule has 25 heavy (non-hydrogen) atoms. The average molecular weight is 357 g/mol. The summed E-state index contributed by atoms with van der Waals surface area (Å²) in [5.74, 6) is 1.81. The van der Waals surface area contributed by atoms with Gasteiger partial charge in [0.05, 0.1) is 0 Å². The molecule has 7 heteroatoms. The zero-order valence-electron chi connectivity index (χ0n) is 14.5. The number of hydrogen-bond acceptors (Lipinski definition) is 7. The van der Waals surface area contributed by atoms with Crippen LogP contribution in [0.2, 0.25) is 0 Å². The first-order valence-electron chi connectivity index (χ1n) is 8.96. The number of para-hydroxylation sites is 2. The van der Waals surface area contributed by atoms with Crippen LogP contribution in [-0.2, 0) is 12.8 Å². The molecular formula is C18H23N5OS. The van der Waals surface area contributed by atoms with Crippen molar-refractivity contribution >= 4 is 27.8 Å². The highest BCUT2D eigenvalue weighted by atomic mass is 32.1. The monoisotopic (exact) mass is 357 g/mol. The van der Waals surface area contributed by atoms with E-state index in [1.807, 2.05) is 24.3 Å². The van der Waals surface area contributed by atoms with E-state index in [0.29, 0.717) is 0 Å². The summed E-state index contributed by atoms with van der Waals surface area (Å²) in [6, 6.07) is 7.95. The Kier molecular flexibility index (Phi) is 4.94. The van der Waals surface area contributed by atoms with Crippen LogP contribution in [0.4, 0.5) is 5.13 Å². The van der Waals surface area contributed by atoms with Gasteiger partial charge in [-0.2, -0.15) is 4.37 Å². The van der Waals surface area contributed by atoms with E-state index in [4.69, 9.17) is 4.42 Å². The number of aryl methyl sites for hydroxylation is 2. The summed E-state index contributed by atoms with van der Waals surface area (Å²) in [7, 11) is 0. The molecule has 2 aromatic heterocycles. The first-order chi connectivity index (χ1) is 12.3. The Morgan fingerprint density at radius 3 is 2.72 bits per heavy atom. The first kappa shape index (κ1) is 16.5. The van der Waals surface area contributed by atoms with E-state index in [0.717, 1.165) is 79.9 Å². The van der Waals surface area contributed by atoms with Crippen LogP contribution in [0, 0.1) is 0 Å². The largest absolute Gasteiger partial charge is 0.441 e. The predicted molar refractivity (Wildman–Crippen MR) is 100 cm³/mol. The molecule has 1 saturated heterocycles. The van der Waals surface area contributed by atoms with Gasteiger partial charge in [0.15, 0.2) is 11.5 Å². The fourth-order valence-electron chi connectivity index (χ4n) is 3.16. The van der Waals surface area contributed by atoms with Gasteiger partial charge in [-0.05, 0) is 25.1 Å². The number of aromatic nitrogens is 3. The molecule has 0 spiro atoms. The molecule has 0 unspecified atom stereocenters. The van der Waals surface area contributed by atoms with Crippen LogP contribution in [0.1, 0.15) is 25.1 Å². The fourth-order valence-corrected chi connectivity index (χ4v) is 3.96. The van der Waals surface area contributed by atoms with Crippen molar-refractivity contribution in [1.29, 1.82) is 0 Å². The second kappa shape index (κ2) is 7.49. The predicted octanol–water partition coefficient (Wildman–Crippen LogP) is 3.00. The minimum atomic E-state index is 0.848. The smallest absolute Gasteiger partial charge is 0.205 e. The summed E-state index contributed by atoms with van der Waals surface area (Å²) < 4.78 is 10.2. The molecule has 0 saturated carbocycles. The van der Waals surface area contributed by atoms with Crippen LogP contribution < -0.4 is 4.90 Å². The number of anilines is 1. The molecule has 1 fully saturated rings. The Hall–Kier alpha value is -1.99. The molecule has 3 heterocycles. The minimum absolute atomic E-state index is 0.848. The number of fused-ring (bicyclic) bond motifs is 1. The maximum absolute atomic E-state index is 5.79. The van der Waals surface area contributed by atoms with E-state index in [1.165, 1.54) is 11.5 Å². The third-order valence-corrected chi connectivity index (χ3v) is 5.43. The van der Waals surface area contributed by atoms with Gasteiger partial charge in [0, 0.05) is 50.6 Å². The maximum Gasteiger partial charge on any atom is 0.205 e. The van der Waals surface area contributed by atoms with Crippen molar-refractivity contribution in [2.45, 2.75) is 26.2 Å². The van der Waals surface area contributed by atoms with Crippen molar-refractivity contribution in [3.8, 4) is 0 Å². The molecule has 1 aliphatic heterocycles. The summed E-state index contributed by atoms with van der Waals surface area (Å²) in [6.07, 6.45) is 2.88. The molecule has 1 aromatic carbocycles. The standard InChI is InChI=1S/C18H23N5OS/c1-2-16-20-18(25-21-16)23-12-10-22(11-13-23)9-5-8-17-19-14-6-3-4-7-15(14)24-17/h3-4,6-7H,2,5,8-13H2,1H3. The summed E-state index contributed by atoms with van der Waals surface area (Å²) in [5, 5.41) is 1.07. The lowest BCUT2D eigenvalue weighted by molar-refractivity contribution is 0.253. The molecule has 0 N–H and O–H groups in total. The maximum atomic E-state index is 5.79. The van der Waals surface area contributed by atoms with E-state index in [9.17, 15) is 0 Å². The van der Waals surface area contributed by atoms with E-state index in [2.05, 4.69) is 31.1 Å². The third kappa shape index (κ3) is 3.82. The number of piperazine rings is 1.